The highest BCUT2D eigenvalue weighted by Gasteiger charge is 2.03. The number of hydrogen-bond acceptors (Lipinski definition) is 1. The van der Waals surface area contributed by atoms with Crippen LogP contribution in [0.3, 0.4) is 0 Å². The summed E-state index contributed by atoms with van der Waals surface area (Å²) in [7, 11) is 2.12. The Labute approximate surface area is 107 Å². The Balaban J connectivity index is 1.89. The minimum absolute atomic E-state index is 0.859. The fourth-order valence-corrected chi connectivity index (χ4v) is 2.26. The van der Waals surface area contributed by atoms with E-state index in [0.29, 0.717) is 0 Å². The second kappa shape index (κ2) is 4.57. The fraction of sp³-hybridized carbons (Fsp3) is 0.125. The molecule has 0 unspecified atom stereocenters. The van der Waals surface area contributed by atoms with E-state index in [9.17, 15) is 0 Å². The molecule has 3 aromatic rings. The lowest BCUT2D eigenvalue weighted by Crippen LogP contribution is -2.20. The first kappa shape index (κ1) is 10.9. The van der Waals surface area contributed by atoms with Crippen molar-refractivity contribution in [1.29, 1.82) is 0 Å². The number of para-hydroxylation sites is 2. The van der Waals surface area contributed by atoms with Gasteiger partial charge in [-0.15, -0.1) is 0 Å². The second-order valence-electron chi connectivity index (χ2n) is 4.52. The van der Waals surface area contributed by atoms with Gasteiger partial charge in [0.15, 0.2) is 0 Å². The van der Waals surface area contributed by atoms with Crippen molar-refractivity contribution >= 4 is 16.6 Å². The van der Waals surface area contributed by atoms with Crippen LogP contribution >= 0.6 is 0 Å². The predicted octanol–water partition coefficient (Wildman–Crippen LogP) is 3.74. The SMILES string of the molecule is CN(Cn1ccc2ccccc21)c1ccccc1. The Morgan fingerprint density at radius 2 is 1.61 bits per heavy atom. The lowest BCUT2D eigenvalue weighted by Gasteiger charge is -2.20. The van der Waals surface area contributed by atoms with Gasteiger partial charge in [0, 0.05) is 24.4 Å². The summed E-state index contributed by atoms with van der Waals surface area (Å²) in [6.45, 7) is 0.859. The molecule has 2 nitrogen and oxygen atoms in total. The Kier molecular flexibility index (Phi) is 2.77. The minimum atomic E-state index is 0.859. The van der Waals surface area contributed by atoms with E-state index >= 15 is 0 Å². The molecule has 0 amide bonds. The number of nitrogens with zero attached hydrogens (tertiary/aromatic N) is 2. The summed E-state index contributed by atoms with van der Waals surface area (Å²) in [6.07, 6.45) is 2.14. The van der Waals surface area contributed by atoms with Crippen molar-refractivity contribution in [2.75, 3.05) is 11.9 Å². The molecule has 18 heavy (non-hydrogen) atoms. The lowest BCUT2D eigenvalue weighted by molar-refractivity contribution is 0.709. The van der Waals surface area contributed by atoms with Crippen LogP contribution < -0.4 is 4.90 Å². The van der Waals surface area contributed by atoms with Gasteiger partial charge < -0.3 is 9.47 Å². The highest BCUT2D eigenvalue weighted by atomic mass is 15.2. The van der Waals surface area contributed by atoms with Gasteiger partial charge in [0.25, 0.3) is 0 Å². The van der Waals surface area contributed by atoms with Crippen molar-refractivity contribution in [3.63, 3.8) is 0 Å². The van der Waals surface area contributed by atoms with Gasteiger partial charge in [-0.3, -0.25) is 0 Å². The molecule has 2 heteroatoms. The monoisotopic (exact) mass is 236 g/mol. The van der Waals surface area contributed by atoms with Gasteiger partial charge in [-0.1, -0.05) is 36.4 Å². The third kappa shape index (κ3) is 1.97. The van der Waals surface area contributed by atoms with Crippen molar-refractivity contribution in [2.45, 2.75) is 6.67 Å². The van der Waals surface area contributed by atoms with Crippen molar-refractivity contribution in [1.82, 2.24) is 4.57 Å². The molecule has 0 spiro atoms. The number of anilines is 1. The molecule has 0 aliphatic heterocycles. The predicted molar refractivity (Wildman–Crippen MR) is 76.8 cm³/mol. The van der Waals surface area contributed by atoms with Crippen LogP contribution in [-0.2, 0) is 6.67 Å². The molecule has 2 aromatic carbocycles. The summed E-state index contributed by atoms with van der Waals surface area (Å²) in [5.74, 6) is 0. The van der Waals surface area contributed by atoms with E-state index in [4.69, 9.17) is 0 Å². The first-order valence-electron chi connectivity index (χ1n) is 6.15. The fourth-order valence-electron chi connectivity index (χ4n) is 2.26. The van der Waals surface area contributed by atoms with E-state index in [1.807, 2.05) is 6.07 Å². The maximum atomic E-state index is 2.27. The molecule has 0 bridgehead atoms. The molecule has 0 aliphatic rings. The molecular formula is C16H16N2. The van der Waals surface area contributed by atoms with E-state index in [1.165, 1.54) is 16.6 Å². The van der Waals surface area contributed by atoms with Crippen LogP contribution in [-0.4, -0.2) is 11.6 Å². The number of rotatable bonds is 3. The maximum absolute atomic E-state index is 2.27. The van der Waals surface area contributed by atoms with E-state index in [-0.39, 0.29) is 0 Å². The van der Waals surface area contributed by atoms with E-state index in [1.54, 1.807) is 0 Å². The smallest absolute Gasteiger partial charge is 0.0943 e. The Bertz CT molecular complexity index is 640. The Morgan fingerprint density at radius 3 is 2.44 bits per heavy atom. The van der Waals surface area contributed by atoms with Gasteiger partial charge in [-0.25, -0.2) is 0 Å². The molecule has 0 atom stereocenters. The van der Waals surface area contributed by atoms with Gasteiger partial charge in [-0.05, 0) is 29.7 Å². The number of benzene rings is 2. The highest BCUT2D eigenvalue weighted by Crippen LogP contribution is 2.17. The average molecular weight is 236 g/mol. The summed E-state index contributed by atoms with van der Waals surface area (Å²) in [6, 6.07) is 21.1. The molecule has 0 fully saturated rings. The minimum Gasteiger partial charge on any atom is -0.357 e. The van der Waals surface area contributed by atoms with Crippen LogP contribution in [0.25, 0.3) is 10.9 Å². The van der Waals surface area contributed by atoms with Crippen LogP contribution in [0.15, 0.2) is 66.9 Å². The third-order valence-corrected chi connectivity index (χ3v) is 3.24. The lowest BCUT2D eigenvalue weighted by atomic mass is 10.2. The number of fused-ring (bicyclic) bond motifs is 1. The Morgan fingerprint density at radius 1 is 0.889 bits per heavy atom. The zero-order valence-electron chi connectivity index (χ0n) is 10.5. The zero-order valence-corrected chi connectivity index (χ0v) is 10.5. The van der Waals surface area contributed by atoms with Gasteiger partial charge in [-0.2, -0.15) is 0 Å². The summed E-state index contributed by atoms with van der Waals surface area (Å²) in [5.41, 5.74) is 2.51. The summed E-state index contributed by atoms with van der Waals surface area (Å²) in [5, 5.41) is 1.29. The van der Waals surface area contributed by atoms with Crippen molar-refractivity contribution < 1.29 is 0 Å². The highest BCUT2D eigenvalue weighted by molar-refractivity contribution is 5.80. The van der Waals surface area contributed by atoms with Gasteiger partial charge in [0.05, 0.1) is 6.67 Å². The molecule has 0 saturated heterocycles. The maximum Gasteiger partial charge on any atom is 0.0943 e. The molecule has 0 aliphatic carbocycles. The summed E-state index contributed by atoms with van der Waals surface area (Å²) < 4.78 is 2.27. The largest absolute Gasteiger partial charge is 0.357 e. The molecule has 3 rings (SSSR count). The van der Waals surface area contributed by atoms with Crippen LogP contribution in [0, 0.1) is 0 Å². The standard InChI is InChI=1S/C16H16N2/c1-17(15-8-3-2-4-9-15)13-18-12-11-14-7-5-6-10-16(14)18/h2-12H,13H2,1H3. The quantitative estimate of drug-likeness (QED) is 0.672. The van der Waals surface area contributed by atoms with Gasteiger partial charge in [0.1, 0.15) is 0 Å². The van der Waals surface area contributed by atoms with Crippen molar-refractivity contribution in [2.24, 2.45) is 0 Å². The topological polar surface area (TPSA) is 8.17 Å². The second-order valence-corrected chi connectivity index (χ2v) is 4.52. The Hall–Kier alpha value is -2.22. The van der Waals surface area contributed by atoms with E-state index in [0.717, 1.165) is 6.67 Å². The van der Waals surface area contributed by atoms with Gasteiger partial charge in [0.2, 0.25) is 0 Å². The normalized spacial score (nSPS) is 10.7. The van der Waals surface area contributed by atoms with Crippen molar-refractivity contribution in [3.8, 4) is 0 Å². The molecule has 0 N–H and O–H groups in total. The molecule has 1 heterocycles. The van der Waals surface area contributed by atoms with Crippen LogP contribution in [0.5, 0.6) is 0 Å². The molecular weight excluding hydrogens is 220 g/mol. The van der Waals surface area contributed by atoms with Crippen LogP contribution in [0.2, 0.25) is 0 Å². The number of hydrogen-bond donors (Lipinski definition) is 0. The molecule has 90 valence electrons. The third-order valence-electron chi connectivity index (χ3n) is 3.24. The molecule has 0 radical (unpaired) electrons. The van der Waals surface area contributed by atoms with E-state index in [2.05, 4.69) is 77.3 Å². The summed E-state index contributed by atoms with van der Waals surface area (Å²) >= 11 is 0. The van der Waals surface area contributed by atoms with Crippen molar-refractivity contribution in [3.05, 3.63) is 66.9 Å². The van der Waals surface area contributed by atoms with Crippen LogP contribution in [0.4, 0.5) is 5.69 Å². The van der Waals surface area contributed by atoms with Crippen LogP contribution in [0.1, 0.15) is 0 Å². The average Bonchev–Trinajstić information content (AvgIpc) is 2.83. The molecule has 0 saturated carbocycles. The first-order chi connectivity index (χ1) is 8.84. The van der Waals surface area contributed by atoms with E-state index < -0.39 is 0 Å². The zero-order chi connectivity index (χ0) is 12.4. The first-order valence-corrected chi connectivity index (χ1v) is 6.15. The summed E-state index contributed by atoms with van der Waals surface area (Å²) in [4.78, 5) is 2.24. The van der Waals surface area contributed by atoms with Gasteiger partial charge >= 0.3 is 0 Å². The molecule has 1 aromatic heterocycles. The number of aromatic nitrogens is 1.